The Kier molecular flexibility index (Phi) is 3.44. The van der Waals surface area contributed by atoms with Crippen LogP contribution in [0.25, 0.3) is 0 Å². The maximum Gasteiger partial charge on any atom is 0.233 e. The highest BCUT2D eigenvalue weighted by molar-refractivity contribution is 6.09. The average molecular weight is 345 g/mol. The SMILES string of the molecule is O=C1C2=CC[C@H]3C(=O)N(CC4CCCCC4)C(=O)[C@H]3[C@H]2[C@H](O)[C@@H]2O[C@H]12. The van der Waals surface area contributed by atoms with Crippen molar-refractivity contribution in [3.8, 4) is 0 Å². The van der Waals surface area contributed by atoms with Crippen molar-refractivity contribution in [2.45, 2.75) is 56.8 Å². The third-order valence-electron chi connectivity index (χ3n) is 6.84. The second kappa shape index (κ2) is 5.48. The van der Waals surface area contributed by atoms with Gasteiger partial charge in [-0.05, 0) is 25.2 Å². The molecule has 134 valence electrons. The Labute approximate surface area is 146 Å². The number of Topliss-reactive ketones (excluding diaryl/α,β-unsaturated/α-hetero) is 1. The molecule has 2 saturated heterocycles. The molecule has 6 atom stereocenters. The third-order valence-corrected chi connectivity index (χ3v) is 6.84. The van der Waals surface area contributed by atoms with Crippen LogP contribution < -0.4 is 0 Å². The monoisotopic (exact) mass is 345 g/mol. The van der Waals surface area contributed by atoms with Crippen molar-refractivity contribution < 1.29 is 24.2 Å². The number of aliphatic hydroxyl groups is 1. The van der Waals surface area contributed by atoms with Crippen molar-refractivity contribution >= 4 is 17.6 Å². The Morgan fingerprint density at radius 3 is 2.60 bits per heavy atom. The van der Waals surface area contributed by atoms with Gasteiger partial charge in [-0.3, -0.25) is 19.3 Å². The third kappa shape index (κ3) is 2.20. The first-order valence-corrected chi connectivity index (χ1v) is 9.51. The summed E-state index contributed by atoms with van der Waals surface area (Å²) in [6, 6.07) is 0. The van der Waals surface area contributed by atoms with Gasteiger partial charge in [-0.2, -0.15) is 0 Å². The van der Waals surface area contributed by atoms with Crippen LogP contribution in [0.15, 0.2) is 11.6 Å². The van der Waals surface area contributed by atoms with E-state index < -0.39 is 36.1 Å². The summed E-state index contributed by atoms with van der Waals surface area (Å²) < 4.78 is 5.30. The molecule has 2 amide bonds. The number of rotatable bonds is 2. The van der Waals surface area contributed by atoms with E-state index >= 15 is 0 Å². The number of imide groups is 1. The Morgan fingerprint density at radius 2 is 1.84 bits per heavy atom. The average Bonchev–Trinajstić information content (AvgIpc) is 3.40. The van der Waals surface area contributed by atoms with E-state index in [1.807, 2.05) is 0 Å². The second-order valence-corrected chi connectivity index (χ2v) is 8.22. The van der Waals surface area contributed by atoms with E-state index in [0.29, 0.717) is 24.5 Å². The molecule has 0 aromatic carbocycles. The number of carbonyl (C=O) groups is 3. The molecule has 0 bridgehead atoms. The van der Waals surface area contributed by atoms with Gasteiger partial charge in [-0.15, -0.1) is 0 Å². The lowest BCUT2D eigenvalue weighted by Gasteiger charge is -2.35. The summed E-state index contributed by atoms with van der Waals surface area (Å²) >= 11 is 0. The van der Waals surface area contributed by atoms with Crippen molar-refractivity contribution in [3.05, 3.63) is 11.6 Å². The van der Waals surface area contributed by atoms with E-state index in [-0.39, 0.29) is 17.6 Å². The first-order chi connectivity index (χ1) is 12.1. The lowest BCUT2D eigenvalue weighted by molar-refractivity contribution is -0.141. The molecule has 0 aromatic heterocycles. The van der Waals surface area contributed by atoms with Crippen molar-refractivity contribution in [1.82, 2.24) is 4.90 Å². The summed E-state index contributed by atoms with van der Waals surface area (Å²) in [6.45, 7) is 0.499. The second-order valence-electron chi connectivity index (χ2n) is 8.22. The highest BCUT2D eigenvalue weighted by atomic mass is 16.6. The fourth-order valence-corrected chi connectivity index (χ4v) is 5.48. The number of nitrogens with zero attached hydrogens (tertiary/aromatic N) is 1. The predicted octanol–water partition coefficient (Wildman–Crippen LogP) is 0.825. The van der Waals surface area contributed by atoms with Crippen molar-refractivity contribution in [2.75, 3.05) is 6.54 Å². The minimum absolute atomic E-state index is 0.107. The molecule has 0 spiro atoms. The number of fused-ring (bicyclic) bond motifs is 4. The number of aliphatic hydroxyl groups excluding tert-OH is 1. The van der Waals surface area contributed by atoms with E-state index in [0.717, 1.165) is 25.7 Å². The fourth-order valence-electron chi connectivity index (χ4n) is 5.48. The molecular formula is C19H23NO5. The van der Waals surface area contributed by atoms with E-state index in [1.165, 1.54) is 11.3 Å². The number of ketones is 1. The molecule has 0 radical (unpaired) electrons. The molecule has 0 unspecified atom stereocenters. The number of allylic oxidation sites excluding steroid dienone is 1. The molecule has 6 nitrogen and oxygen atoms in total. The van der Waals surface area contributed by atoms with Crippen LogP contribution in [0.2, 0.25) is 0 Å². The van der Waals surface area contributed by atoms with Gasteiger partial charge in [-0.25, -0.2) is 0 Å². The zero-order valence-electron chi connectivity index (χ0n) is 14.1. The largest absolute Gasteiger partial charge is 0.390 e. The normalized spacial score (nSPS) is 43.5. The molecule has 2 heterocycles. The molecule has 2 saturated carbocycles. The van der Waals surface area contributed by atoms with Gasteiger partial charge < -0.3 is 9.84 Å². The Balaban J connectivity index is 1.42. The van der Waals surface area contributed by atoms with Crippen LogP contribution in [-0.2, 0) is 19.1 Å². The van der Waals surface area contributed by atoms with Crippen LogP contribution in [0, 0.1) is 23.7 Å². The quantitative estimate of drug-likeness (QED) is 0.591. The summed E-state index contributed by atoms with van der Waals surface area (Å²) in [5.74, 6) is -1.63. The first kappa shape index (κ1) is 15.7. The fraction of sp³-hybridized carbons (Fsp3) is 0.737. The van der Waals surface area contributed by atoms with Gasteiger partial charge in [0.2, 0.25) is 11.8 Å². The van der Waals surface area contributed by atoms with E-state index in [2.05, 4.69) is 0 Å². The van der Waals surface area contributed by atoms with Crippen LogP contribution in [0.1, 0.15) is 38.5 Å². The van der Waals surface area contributed by atoms with Gasteiger partial charge in [0.15, 0.2) is 5.78 Å². The zero-order chi connectivity index (χ0) is 17.3. The number of ether oxygens (including phenoxy) is 1. The zero-order valence-corrected chi connectivity index (χ0v) is 14.1. The van der Waals surface area contributed by atoms with E-state index in [4.69, 9.17) is 4.74 Å². The van der Waals surface area contributed by atoms with E-state index in [9.17, 15) is 19.5 Å². The highest BCUT2D eigenvalue weighted by Gasteiger charge is 2.65. The van der Waals surface area contributed by atoms with E-state index in [1.54, 1.807) is 6.08 Å². The molecule has 4 fully saturated rings. The molecule has 0 aromatic rings. The lowest BCUT2D eigenvalue weighted by atomic mass is 9.66. The minimum Gasteiger partial charge on any atom is -0.390 e. The number of hydrogen-bond donors (Lipinski definition) is 1. The molecular weight excluding hydrogens is 322 g/mol. The van der Waals surface area contributed by atoms with Crippen LogP contribution in [-0.4, -0.2) is 52.5 Å². The summed E-state index contributed by atoms with van der Waals surface area (Å²) in [7, 11) is 0. The molecule has 1 N–H and O–H groups in total. The number of hydrogen-bond acceptors (Lipinski definition) is 5. The van der Waals surface area contributed by atoms with Crippen LogP contribution in [0.4, 0.5) is 0 Å². The Hall–Kier alpha value is -1.53. The summed E-state index contributed by atoms with van der Waals surface area (Å²) in [6.07, 6.45) is 5.97. The maximum absolute atomic E-state index is 13.1. The minimum atomic E-state index is -0.867. The van der Waals surface area contributed by atoms with Crippen LogP contribution in [0.3, 0.4) is 0 Å². The number of likely N-dealkylation sites (tertiary alicyclic amines) is 1. The van der Waals surface area contributed by atoms with Crippen LogP contribution >= 0.6 is 0 Å². The number of carbonyl (C=O) groups excluding carboxylic acids is 3. The summed E-state index contributed by atoms with van der Waals surface area (Å²) in [5, 5.41) is 10.6. The maximum atomic E-state index is 13.1. The van der Waals surface area contributed by atoms with Gasteiger partial charge in [-0.1, -0.05) is 25.3 Å². The summed E-state index contributed by atoms with van der Waals surface area (Å²) in [5.41, 5.74) is 0.508. The van der Waals surface area contributed by atoms with Gasteiger partial charge in [0, 0.05) is 18.0 Å². The molecule has 2 aliphatic heterocycles. The predicted molar refractivity (Wildman–Crippen MR) is 86.1 cm³/mol. The molecule has 3 aliphatic carbocycles. The number of amides is 2. The topological polar surface area (TPSA) is 87.2 Å². The lowest BCUT2D eigenvalue weighted by Crippen LogP contribution is -2.47. The van der Waals surface area contributed by atoms with Crippen molar-refractivity contribution in [3.63, 3.8) is 0 Å². The van der Waals surface area contributed by atoms with Crippen molar-refractivity contribution in [2.24, 2.45) is 23.7 Å². The molecule has 5 aliphatic rings. The van der Waals surface area contributed by atoms with Gasteiger partial charge >= 0.3 is 0 Å². The molecule has 5 rings (SSSR count). The smallest absolute Gasteiger partial charge is 0.233 e. The number of epoxide rings is 1. The molecule has 6 heteroatoms. The van der Waals surface area contributed by atoms with Gasteiger partial charge in [0.1, 0.15) is 12.2 Å². The summed E-state index contributed by atoms with van der Waals surface area (Å²) in [4.78, 5) is 39.8. The highest BCUT2D eigenvalue weighted by Crippen LogP contribution is 2.51. The van der Waals surface area contributed by atoms with Gasteiger partial charge in [0.25, 0.3) is 0 Å². The molecule has 25 heavy (non-hydrogen) atoms. The van der Waals surface area contributed by atoms with Crippen LogP contribution in [0.5, 0.6) is 0 Å². The van der Waals surface area contributed by atoms with Gasteiger partial charge in [0.05, 0.1) is 17.9 Å². The first-order valence-electron chi connectivity index (χ1n) is 9.51. The Morgan fingerprint density at radius 1 is 1.08 bits per heavy atom. The Bertz CT molecular complexity index is 679. The van der Waals surface area contributed by atoms with Crippen molar-refractivity contribution in [1.29, 1.82) is 0 Å². The standard InChI is InChI=1S/C19H23NO5/c21-14-10-6-7-11-13(12(10)15(22)17-16(14)25-17)19(24)20(18(11)23)8-9-4-2-1-3-5-9/h6,9,11-13,15-17,22H,1-5,7-8H2/t11-,12+,13-,15+,16-,17+/m1/s1.